The zero-order valence-corrected chi connectivity index (χ0v) is 10.3. The Morgan fingerprint density at radius 2 is 1.76 bits per heavy atom. The largest absolute Gasteiger partial charge is 0.387 e. The summed E-state index contributed by atoms with van der Waals surface area (Å²) in [6.45, 7) is 2.02. The van der Waals surface area contributed by atoms with Crippen molar-refractivity contribution in [1.29, 1.82) is 5.26 Å². The first-order valence-electron chi connectivity index (χ1n) is 6.34. The topological polar surface area (TPSA) is 44.0 Å². The van der Waals surface area contributed by atoms with Crippen molar-refractivity contribution in [3.63, 3.8) is 0 Å². The molecule has 0 aromatic heterocycles. The Balaban J connectivity index is 2.25. The average molecular weight is 229 g/mol. The van der Waals surface area contributed by atoms with E-state index in [1.54, 1.807) is 0 Å². The van der Waals surface area contributed by atoms with Crippen molar-refractivity contribution >= 4 is 0 Å². The van der Waals surface area contributed by atoms with E-state index in [0.717, 1.165) is 31.2 Å². The molecule has 90 valence electrons. The number of aryl methyl sites for hydroxylation is 1. The summed E-state index contributed by atoms with van der Waals surface area (Å²) >= 11 is 0. The van der Waals surface area contributed by atoms with Gasteiger partial charge in [-0.3, -0.25) is 0 Å². The number of benzene rings is 1. The molecule has 17 heavy (non-hydrogen) atoms. The monoisotopic (exact) mass is 229 g/mol. The zero-order chi connectivity index (χ0) is 12.3. The predicted molar refractivity (Wildman–Crippen MR) is 67.3 cm³/mol. The highest BCUT2D eigenvalue weighted by molar-refractivity contribution is 5.26. The van der Waals surface area contributed by atoms with Crippen LogP contribution < -0.4 is 0 Å². The molecule has 0 amide bonds. The Morgan fingerprint density at radius 1 is 1.18 bits per heavy atom. The van der Waals surface area contributed by atoms with Crippen molar-refractivity contribution in [3.05, 3.63) is 35.4 Å². The fourth-order valence-corrected chi connectivity index (χ4v) is 2.70. The van der Waals surface area contributed by atoms with E-state index in [4.69, 9.17) is 0 Å². The van der Waals surface area contributed by atoms with Gasteiger partial charge >= 0.3 is 0 Å². The fraction of sp³-hybridized carbons (Fsp3) is 0.533. The standard InChI is InChI=1S/C15H19NO/c1-12-5-7-13(8-6-12)14(17)15(11-16)9-3-2-4-10-15/h5-8,14,17H,2-4,9-10H2,1H3. The number of hydrogen-bond acceptors (Lipinski definition) is 2. The number of hydrogen-bond donors (Lipinski definition) is 1. The van der Waals surface area contributed by atoms with E-state index in [-0.39, 0.29) is 0 Å². The third-order valence-corrected chi connectivity index (χ3v) is 3.88. The van der Waals surface area contributed by atoms with Crippen molar-refractivity contribution < 1.29 is 5.11 Å². The van der Waals surface area contributed by atoms with Crippen LogP contribution >= 0.6 is 0 Å². The van der Waals surface area contributed by atoms with Gasteiger partial charge in [-0.05, 0) is 25.3 Å². The maximum atomic E-state index is 10.5. The average Bonchev–Trinajstić information content (AvgIpc) is 2.39. The van der Waals surface area contributed by atoms with Gasteiger partial charge < -0.3 is 5.11 Å². The molecule has 1 atom stereocenters. The molecule has 1 aliphatic carbocycles. The van der Waals surface area contributed by atoms with Crippen LogP contribution in [0.1, 0.15) is 49.3 Å². The maximum Gasteiger partial charge on any atom is 0.0976 e. The van der Waals surface area contributed by atoms with Crippen LogP contribution in [-0.4, -0.2) is 5.11 Å². The van der Waals surface area contributed by atoms with Crippen LogP contribution in [0.2, 0.25) is 0 Å². The lowest BCUT2D eigenvalue weighted by atomic mass is 9.69. The van der Waals surface area contributed by atoms with Gasteiger partial charge in [-0.15, -0.1) is 0 Å². The van der Waals surface area contributed by atoms with Gasteiger partial charge in [0.25, 0.3) is 0 Å². The molecule has 1 aliphatic rings. The minimum absolute atomic E-state index is 0.562. The minimum atomic E-state index is -0.645. The van der Waals surface area contributed by atoms with Crippen LogP contribution in [-0.2, 0) is 0 Å². The van der Waals surface area contributed by atoms with Crippen LogP contribution in [0.3, 0.4) is 0 Å². The number of nitriles is 1. The highest BCUT2D eigenvalue weighted by Crippen LogP contribution is 2.45. The van der Waals surface area contributed by atoms with Gasteiger partial charge in [0.1, 0.15) is 0 Å². The Labute approximate surface area is 103 Å². The van der Waals surface area contributed by atoms with E-state index < -0.39 is 11.5 Å². The summed E-state index contributed by atoms with van der Waals surface area (Å²) in [7, 11) is 0. The molecule has 1 aromatic rings. The second-order valence-electron chi connectivity index (χ2n) is 5.14. The molecule has 2 nitrogen and oxygen atoms in total. The summed E-state index contributed by atoms with van der Waals surface area (Å²) in [5, 5.41) is 19.9. The van der Waals surface area contributed by atoms with Gasteiger partial charge in [-0.1, -0.05) is 49.1 Å². The lowest BCUT2D eigenvalue weighted by Gasteiger charge is -2.35. The van der Waals surface area contributed by atoms with Gasteiger partial charge in [-0.25, -0.2) is 0 Å². The van der Waals surface area contributed by atoms with E-state index in [9.17, 15) is 10.4 Å². The molecule has 0 bridgehead atoms. The zero-order valence-electron chi connectivity index (χ0n) is 10.3. The number of aliphatic hydroxyl groups is 1. The van der Waals surface area contributed by atoms with Crippen LogP contribution in [0, 0.1) is 23.7 Å². The van der Waals surface area contributed by atoms with Gasteiger partial charge in [-0.2, -0.15) is 5.26 Å². The van der Waals surface area contributed by atoms with Crippen LogP contribution in [0.5, 0.6) is 0 Å². The normalized spacial score (nSPS) is 20.5. The van der Waals surface area contributed by atoms with Crippen LogP contribution in [0.25, 0.3) is 0 Å². The highest BCUT2D eigenvalue weighted by Gasteiger charge is 2.40. The summed E-state index contributed by atoms with van der Waals surface area (Å²) in [5.74, 6) is 0. The van der Waals surface area contributed by atoms with E-state index in [1.165, 1.54) is 12.0 Å². The smallest absolute Gasteiger partial charge is 0.0976 e. The number of aliphatic hydroxyl groups excluding tert-OH is 1. The summed E-state index contributed by atoms with van der Waals surface area (Å²) < 4.78 is 0. The summed E-state index contributed by atoms with van der Waals surface area (Å²) in [6.07, 6.45) is 4.28. The molecule has 1 aromatic carbocycles. The molecule has 0 radical (unpaired) electrons. The summed E-state index contributed by atoms with van der Waals surface area (Å²) in [6, 6.07) is 10.2. The first-order chi connectivity index (χ1) is 8.18. The molecule has 2 heteroatoms. The molecule has 0 spiro atoms. The van der Waals surface area contributed by atoms with E-state index in [2.05, 4.69) is 6.07 Å². The number of nitrogens with zero attached hydrogens (tertiary/aromatic N) is 1. The van der Waals surface area contributed by atoms with Gasteiger partial charge in [0, 0.05) is 0 Å². The Morgan fingerprint density at radius 3 is 2.29 bits per heavy atom. The van der Waals surface area contributed by atoms with Crippen molar-refractivity contribution in [3.8, 4) is 6.07 Å². The molecule has 2 rings (SSSR count). The van der Waals surface area contributed by atoms with Crippen molar-refractivity contribution in [2.24, 2.45) is 5.41 Å². The molecule has 0 aliphatic heterocycles. The quantitative estimate of drug-likeness (QED) is 0.843. The Bertz CT molecular complexity index is 410. The molecule has 1 unspecified atom stereocenters. The number of rotatable bonds is 2. The Kier molecular flexibility index (Phi) is 3.49. The lowest BCUT2D eigenvalue weighted by Crippen LogP contribution is -2.30. The van der Waals surface area contributed by atoms with Crippen LogP contribution in [0.15, 0.2) is 24.3 Å². The third-order valence-electron chi connectivity index (χ3n) is 3.88. The van der Waals surface area contributed by atoms with Crippen molar-refractivity contribution in [2.45, 2.75) is 45.1 Å². The summed E-state index contributed by atoms with van der Waals surface area (Å²) in [5.41, 5.74) is 1.49. The molecule has 1 fully saturated rings. The molecular weight excluding hydrogens is 210 g/mol. The molecule has 1 N–H and O–H groups in total. The first kappa shape index (κ1) is 12.1. The molecule has 1 saturated carbocycles. The molecule has 0 saturated heterocycles. The predicted octanol–water partition coefficient (Wildman–Crippen LogP) is 3.50. The maximum absolute atomic E-state index is 10.5. The minimum Gasteiger partial charge on any atom is -0.387 e. The highest BCUT2D eigenvalue weighted by atomic mass is 16.3. The second-order valence-corrected chi connectivity index (χ2v) is 5.14. The first-order valence-corrected chi connectivity index (χ1v) is 6.34. The van der Waals surface area contributed by atoms with E-state index in [0.29, 0.717) is 0 Å². The molecular formula is C15H19NO. The SMILES string of the molecule is Cc1ccc(C(O)C2(C#N)CCCCC2)cc1. The Hall–Kier alpha value is -1.33. The van der Waals surface area contributed by atoms with Gasteiger partial charge in [0.05, 0.1) is 17.6 Å². The van der Waals surface area contributed by atoms with E-state index in [1.807, 2.05) is 31.2 Å². The van der Waals surface area contributed by atoms with Gasteiger partial charge in [0.15, 0.2) is 0 Å². The fourth-order valence-electron chi connectivity index (χ4n) is 2.70. The lowest BCUT2D eigenvalue weighted by molar-refractivity contribution is 0.0360. The van der Waals surface area contributed by atoms with Crippen molar-refractivity contribution in [2.75, 3.05) is 0 Å². The third kappa shape index (κ3) is 2.35. The van der Waals surface area contributed by atoms with E-state index >= 15 is 0 Å². The summed E-state index contributed by atoms with van der Waals surface area (Å²) in [4.78, 5) is 0. The molecule has 0 heterocycles. The van der Waals surface area contributed by atoms with Crippen molar-refractivity contribution in [1.82, 2.24) is 0 Å². The van der Waals surface area contributed by atoms with Crippen LogP contribution in [0.4, 0.5) is 0 Å². The van der Waals surface area contributed by atoms with Gasteiger partial charge in [0.2, 0.25) is 0 Å². The second kappa shape index (κ2) is 4.89.